The molecule has 0 bridgehead atoms. The number of amides is 4. The Hall–Kier alpha value is -3.20. The smallest absolute Gasteiger partial charge is 0.341 e. The Morgan fingerprint density at radius 2 is 1.94 bits per heavy atom. The number of nitrogens with zero attached hydrogens (tertiary/aromatic N) is 1. The van der Waals surface area contributed by atoms with Crippen molar-refractivity contribution in [3.8, 4) is 0 Å². The Morgan fingerprint density at radius 3 is 2.74 bits per heavy atom. The Kier molecular flexibility index (Phi) is 5.67. The normalized spacial score (nSPS) is 21.0. The van der Waals surface area contributed by atoms with Crippen LogP contribution < -0.4 is 10.6 Å². The predicted molar refractivity (Wildman–Crippen MR) is 127 cm³/mol. The van der Waals surface area contributed by atoms with Gasteiger partial charge in [-0.2, -0.15) is 0 Å². The third-order valence-electron chi connectivity index (χ3n) is 6.70. The summed E-state index contributed by atoms with van der Waals surface area (Å²) < 4.78 is 5.43. The number of carbonyl (C=O) groups is 4. The van der Waals surface area contributed by atoms with Gasteiger partial charge in [0.2, 0.25) is 5.91 Å². The fourth-order valence-corrected chi connectivity index (χ4v) is 6.48. The standard InChI is InChI=1S/C25H27N3O5S/c1-14(2)33-22(30)20-16-8-4-6-10-18(16)34-21(20)26-19(29)13-28-23(31)25(27-24(28)32)12-11-15-7-3-5-9-17(15)25/h3,5,7,9,14H,4,6,8,10-13H2,1-2H3,(H,26,29)(H,27,32). The summed E-state index contributed by atoms with van der Waals surface area (Å²) in [6.07, 6.45) is 4.50. The minimum Gasteiger partial charge on any atom is -0.459 e. The number of carbonyl (C=O) groups excluding carboxylic acids is 4. The number of imide groups is 1. The highest BCUT2D eigenvalue weighted by atomic mass is 32.1. The Morgan fingerprint density at radius 1 is 1.18 bits per heavy atom. The lowest BCUT2D eigenvalue weighted by Crippen LogP contribution is -2.43. The van der Waals surface area contributed by atoms with E-state index in [0.29, 0.717) is 23.4 Å². The number of aryl methyl sites for hydroxylation is 2. The first kappa shape index (κ1) is 22.6. The molecule has 2 heterocycles. The molecule has 1 aliphatic heterocycles. The minimum absolute atomic E-state index is 0.286. The SMILES string of the molecule is CC(C)OC(=O)c1c(NC(=O)CN2C(=O)NC3(CCc4ccccc43)C2=O)sc2c1CCCC2. The third-order valence-corrected chi connectivity index (χ3v) is 7.90. The average molecular weight is 482 g/mol. The highest BCUT2D eigenvalue weighted by molar-refractivity contribution is 7.17. The third kappa shape index (κ3) is 3.68. The summed E-state index contributed by atoms with van der Waals surface area (Å²) in [4.78, 5) is 53.9. The van der Waals surface area contributed by atoms with Gasteiger partial charge in [0.1, 0.15) is 17.1 Å². The van der Waals surface area contributed by atoms with Crippen molar-refractivity contribution in [2.24, 2.45) is 0 Å². The van der Waals surface area contributed by atoms with Gasteiger partial charge in [-0.3, -0.25) is 14.5 Å². The van der Waals surface area contributed by atoms with E-state index in [9.17, 15) is 19.2 Å². The zero-order valence-corrected chi connectivity index (χ0v) is 20.0. The number of fused-ring (bicyclic) bond motifs is 3. The van der Waals surface area contributed by atoms with Gasteiger partial charge < -0.3 is 15.4 Å². The molecule has 1 aromatic carbocycles. The van der Waals surface area contributed by atoms with Crippen molar-refractivity contribution in [3.05, 3.63) is 51.4 Å². The van der Waals surface area contributed by atoms with Gasteiger partial charge in [0.05, 0.1) is 11.7 Å². The number of nitrogens with one attached hydrogen (secondary N) is 2. The van der Waals surface area contributed by atoms with Crippen molar-refractivity contribution in [1.29, 1.82) is 0 Å². The van der Waals surface area contributed by atoms with Crippen LogP contribution in [0.3, 0.4) is 0 Å². The number of urea groups is 1. The molecule has 178 valence electrons. The van der Waals surface area contributed by atoms with Crippen LogP contribution in [0.1, 0.15) is 65.0 Å². The second-order valence-corrected chi connectivity index (χ2v) is 10.4. The van der Waals surface area contributed by atoms with Gasteiger partial charge in [-0.15, -0.1) is 11.3 Å². The topological polar surface area (TPSA) is 105 Å². The Bertz CT molecular complexity index is 1200. The molecule has 4 amide bonds. The lowest BCUT2D eigenvalue weighted by molar-refractivity contribution is -0.134. The van der Waals surface area contributed by atoms with Gasteiger partial charge in [0, 0.05) is 4.88 Å². The first-order valence-electron chi connectivity index (χ1n) is 11.7. The van der Waals surface area contributed by atoms with Crippen LogP contribution in [-0.4, -0.2) is 41.4 Å². The van der Waals surface area contributed by atoms with E-state index in [-0.39, 0.29) is 6.10 Å². The molecule has 3 aliphatic rings. The second-order valence-electron chi connectivity index (χ2n) is 9.30. The Balaban J connectivity index is 1.36. The van der Waals surface area contributed by atoms with E-state index in [0.717, 1.165) is 52.2 Å². The van der Waals surface area contributed by atoms with E-state index in [2.05, 4.69) is 10.6 Å². The van der Waals surface area contributed by atoms with E-state index in [1.807, 2.05) is 24.3 Å². The van der Waals surface area contributed by atoms with Gasteiger partial charge in [-0.1, -0.05) is 24.3 Å². The van der Waals surface area contributed by atoms with E-state index < -0.39 is 35.9 Å². The molecular weight excluding hydrogens is 454 g/mol. The average Bonchev–Trinajstić information content (AvgIpc) is 3.42. The van der Waals surface area contributed by atoms with Gasteiger partial charge >= 0.3 is 12.0 Å². The molecule has 8 nitrogen and oxygen atoms in total. The summed E-state index contributed by atoms with van der Waals surface area (Å²) in [6.45, 7) is 3.14. The number of hydrogen-bond acceptors (Lipinski definition) is 6. The van der Waals surface area contributed by atoms with E-state index in [1.165, 1.54) is 11.3 Å². The maximum atomic E-state index is 13.3. The van der Waals surface area contributed by atoms with E-state index >= 15 is 0 Å². The van der Waals surface area contributed by atoms with Gasteiger partial charge in [0.15, 0.2) is 0 Å². The first-order valence-corrected chi connectivity index (χ1v) is 12.5. The summed E-state index contributed by atoms with van der Waals surface area (Å²) in [6, 6.07) is 6.98. The highest BCUT2D eigenvalue weighted by Gasteiger charge is 2.55. The number of ether oxygens (including phenoxy) is 1. The monoisotopic (exact) mass is 481 g/mol. The van der Waals surface area contributed by atoms with E-state index in [1.54, 1.807) is 13.8 Å². The van der Waals surface area contributed by atoms with Crippen molar-refractivity contribution in [1.82, 2.24) is 10.2 Å². The zero-order chi connectivity index (χ0) is 24.0. The lowest BCUT2D eigenvalue weighted by atomic mass is 9.92. The van der Waals surface area contributed by atoms with Crippen molar-refractivity contribution >= 4 is 40.2 Å². The number of benzene rings is 1. The van der Waals surface area contributed by atoms with Crippen LogP contribution in [-0.2, 0) is 39.1 Å². The van der Waals surface area contributed by atoms with Gasteiger partial charge in [-0.05, 0) is 69.1 Å². The second kappa shape index (κ2) is 8.54. The molecule has 0 saturated carbocycles. The fraction of sp³-hybridized carbons (Fsp3) is 0.440. The number of anilines is 1. The van der Waals surface area contributed by atoms with Crippen LogP contribution in [0.4, 0.5) is 9.80 Å². The number of hydrogen-bond donors (Lipinski definition) is 2. The molecule has 2 N–H and O–H groups in total. The molecule has 1 unspecified atom stereocenters. The first-order chi connectivity index (χ1) is 16.3. The van der Waals surface area contributed by atoms with Crippen molar-refractivity contribution in [2.45, 2.75) is 64.0 Å². The molecule has 9 heteroatoms. The zero-order valence-electron chi connectivity index (χ0n) is 19.2. The molecule has 0 radical (unpaired) electrons. The molecule has 1 spiro atoms. The van der Waals surface area contributed by atoms with E-state index in [4.69, 9.17) is 4.74 Å². The molecule has 34 heavy (non-hydrogen) atoms. The van der Waals surface area contributed by atoms with Gasteiger partial charge in [0.25, 0.3) is 5.91 Å². The van der Waals surface area contributed by atoms with Gasteiger partial charge in [-0.25, -0.2) is 9.59 Å². The highest BCUT2D eigenvalue weighted by Crippen LogP contribution is 2.42. The molecule has 1 fully saturated rings. The predicted octanol–water partition coefficient (Wildman–Crippen LogP) is 3.52. The molecule has 2 aromatic rings. The number of thiophene rings is 1. The summed E-state index contributed by atoms with van der Waals surface area (Å²) >= 11 is 1.38. The summed E-state index contributed by atoms with van der Waals surface area (Å²) in [7, 11) is 0. The van der Waals surface area contributed by atoms with Crippen LogP contribution in [0.2, 0.25) is 0 Å². The van der Waals surface area contributed by atoms with Crippen LogP contribution in [0.25, 0.3) is 0 Å². The summed E-state index contributed by atoms with van der Waals surface area (Å²) in [5.41, 5.74) is 2.05. The maximum Gasteiger partial charge on any atom is 0.341 e. The molecule has 1 atom stereocenters. The molecule has 2 aliphatic carbocycles. The van der Waals surface area contributed by atoms with Crippen molar-refractivity contribution in [3.63, 3.8) is 0 Å². The molecule has 1 saturated heterocycles. The lowest BCUT2D eigenvalue weighted by Gasteiger charge is -2.22. The van der Waals surface area contributed by atoms with Crippen LogP contribution in [0.5, 0.6) is 0 Å². The van der Waals surface area contributed by atoms with Crippen LogP contribution >= 0.6 is 11.3 Å². The van der Waals surface area contributed by atoms with Crippen molar-refractivity contribution < 1.29 is 23.9 Å². The van der Waals surface area contributed by atoms with Crippen LogP contribution in [0, 0.1) is 0 Å². The summed E-state index contributed by atoms with van der Waals surface area (Å²) in [5, 5.41) is 6.05. The maximum absolute atomic E-state index is 13.3. The Labute approximate surface area is 201 Å². The number of esters is 1. The quantitative estimate of drug-likeness (QED) is 0.502. The largest absolute Gasteiger partial charge is 0.459 e. The molecule has 5 rings (SSSR count). The molecule has 1 aromatic heterocycles. The number of rotatable bonds is 5. The summed E-state index contributed by atoms with van der Waals surface area (Å²) in [5.74, 6) is -1.40. The van der Waals surface area contributed by atoms with Crippen LogP contribution in [0.15, 0.2) is 24.3 Å². The molecular formula is C25H27N3O5S. The van der Waals surface area contributed by atoms with Crippen molar-refractivity contribution in [2.75, 3.05) is 11.9 Å². The minimum atomic E-state index is -1.11. The fourth-order valence-electron chi connectivity index (χ4n) is 5.19.